The Bertz CT molecular complexity index is 2230. The molecule has 0 saturated carbocycles. The van der Waals surface area contributed by atoms with Crippen molar-refractivity contribution in [2.45, 2.75) is 0 Å². The van der Waals surface area contributed by atoms with E-state index in [0.717, 1.165) is 38.8 Å². The Balaban J connectivity index is 1.38. The van der Waals surface area contributed by atoms with Crippen molar-refractivity contribution in [3.63, 3.8) is 0 Å². The maximum atomic E-state index is 6.49. The third-order valence-electron chi connectivity index (χ3n) is 7.47. The number of rotatable bonds is 2. The fourth-order valence-electron chi connectivity index (χ4n) is 5.65. The van der Waals surface area contributed by atoms with Crippen LogP contribution in [0.1, 0.15) is 0 Å². The lowest BCUT2D eigenvalue weighted by Gasteiger charge is -2.08. The minimum atomic E-state index is 0.696. The SMILES string of the molecule is c1ccc(-n2c3ccccc3c3cc(-c4ccc5oc6ccccc6c6ccccc6oc5c4)ccc32)cc1. The van der Waals surface area contributed by atoms with Gasteiger partial charge in [0.2, 0.25) is 0 Å². The largest absolute Gasteiger partial charge is 0.453 e. The predicted octanol–water partition coefficient (Wildman–Crippen LogP) is 10.2. The maximum Gasteiger partial charge on any atom is 0.170 e. The number of hydrogen-bond acceptors (Lipinski definition) is 2. The lowest BCUT2D eigenvalue weighted by Crippen LogP contribution is -1.92. The minimum absolute atomic E-state index is 0.696. The summed E-state index contributed by atoms with van der Waals surface area (Å²) in [5.41, 5.74) is 8.75. The molecule has 2 heterocycles. The van der Waals surface area contributed by atoms with Crippen molar-refractivity contribution >= 4 is 54.9 Å². The summed E-state index contributed by atoms with van der Waals surface area (Å²) in [6.07, 6.45) is 0. The summed E-state index contributed by atoms with van der Waals surface area (Å²) in [4.78, 5) is 0. The monoisotopic (exact) mass is 501 g/mol. The number of hydrogen-bond donors (Lipinski definition) is 0. The molecule has 0 amide bonds. The second-order valence-corrected chi connectivity index (χ2v) is 9.78. The molecule has 8 aromatic rings. The van der Waals surface area contributed by atoms with Gasteiger partial charge in [0, 0.05) is 27.2 Å². The first-order chi connectivity index (χ1) is 19.3. The highest BCUT2D eigenvalue weighted by Gasteiger charge is 2.13. The molecule has 6 aromatic carbocycles. The first-order valence-electron chi connectivity index (χ1n) is 13.1. The fourth-order valence-corrected chi connectivity index (χ4v) is 5.65. The van der Waals surface area contributed by atoms with Gasteiger partial charge in [-0.25, -0.2) is 0 Å². The van der Waals surface area contributed by atoms with E-state index in [1.54, 1.807) is 0 Å². The van der Waals surface area contributed by atoms with E-state index < -0.39 is 0 Å². The summed E-state index contributed by atoms with van der Waals surface area (Å²) in [6.45, 7) is 0. The molecule has 0 aliphatic rings. The Morgan fingerprint density at radius 2 is 0.923 bits per heavy atom. The molecule has 3 heteroatoms. The topological polar surface area (TPSA) is 31.2 Å². The number of fused-ring (bicyclic) bond motifs is 7. The third-order valence-corrected chi connectivity index (χ3v) is 7.47. The zero-order chi connectivity index (χ0) is 25.8. The average Bonchev–Trinajstić information content (AvgIpc) is 3.32. The van der Waals surface area contributed by atoms with Crippen LogP contribution < -0.4 is 0 Å². The smallest absolute Gasteiger partial charge is 0.170 e. The quantitative estimate of drug-likeness (QED) is 0.236. The van der Waals surface area contributed by atoms with Gasteiger partial charge in [-0.3, -0.25) is 0 Å². The summed E-state index contributed by atoms with van der Waals surface area (Å²) >= 11 is 0. The zero-order valence-corrected chi connectivity index (χ0v) is 21.0. The molecule has 0 unspecified atom stereocenters. The van der Waals surface area contributed by atoms with Crippen LogP contribution in [0.4, 0.5) is 0 Å². The summed E-state index contributed by atoms with van der Waals surface area (Å²) in [7, 11) is 0. The zero-order valence-electron chi connectivity index (χ0n) is 21.0. The molecule has 0 radical (unpaired) electrons. The molecule has 0 N–H and O–H groups in total. The van der Waals surface area contributed by atoms with Crippen molar-refractivity contribution in [3.05, 3.63) is 140 Å². The summed E-state index contributed by atoms with van der Waals surface area (Å²) < 4.78 is 15.2. The van der Waals surface area contributed by atoms with Crippen molar-refractivity contribution in [2.24, 2.45) is 0 Å². The van der Waals surface area contributed by atoms with Crippen LogP contribution >= 0.6 is 0 Å². The molecular formula is C36H23NO2. The lowest BCUT2D eigenvalue weighted by atomic mass is 10.0. The van der Waals surface area contributed by atoms with Gasteiger partial charge in [-0.05, 0) is 65.7 Å². The normalized spacial score (nSPS) is 11.6. The van der Waals surface area contributed by atoms with E-state index in [0.29, 0.717) is 11.2 Å². The molecule has 0 fully saturated rings. The van der Waals surface area contributed by atoms with Crippen molar-refractivity contribution in [2.75, 3.05) is 0 Å². The molecule has 0 aliphatic heterocycles. The third kappa shape index (κ3) is 3.52. The molecule has 0 bridgehead atoms. The first kappa shape index (κ1) is 21.8. The van der Waals surface area contributed by atoms with Crippen LogP contribution in [-0.2, 0) is 0 Å². The van der Waals surface area contributed by atoms with Crippen LogP contribution in [-0.4, -0.2) is 4.57 Å². The van der Waals surface area contributed by atoms with E-state index in [-0.39, 0.29) is 0 Å². The van der Waals surface area contributed by atoms with E-state index in [2.05, 4.69) is 102 Å². The highest BCUT2D eigenvalue weighted by atomic mass is 16.4. The Morgan fingerprint density at radius 3 is 1.69 bits per heavy atom. The van der Waals surface area contributed by atoms with Gasteiger partial charge in [0.05, 0.1) is 11.0 Å². The molecule has 3 nitrogen and oxygen atoms in total. The van der Waals surface area contributed by atoms with Gasteiger partial charge >= 0.3 is 0 Å². The highest BCUT2D eigenvalue weighted by Crippen LogP contribution is 2.36. The summed E-state index contributed by atoms with van der Waals surface area (Å²) in [5.74, 6) is 0. The van der Waals surface area contributed by atoms with Crippen molar-refractivity contribution in [1.29, 1.82) is 0 Å². The lowest BCUT2D eigenvalue weighted by molar-refractivity contribution is 0.619. The average molecular weight is 502 g/mol. The van der Waals surface area contributed by atoms with Gasteiger partial charge < -0.3 is 13.4 Å². The second-order valence-electron chi connectivity index (χ2n) is 9.78. The second kappa shape index (κ2) is 8.64. The Labute approximate surface area is 224 Å². The molecule has 39 heavy (non-hydrogen) atoms. The predicted molar refractivity (Wildman–Crippen MR) is 161 cm³/mol. The maximum absolute atomic E-state index is 6.49. The molecule has 0 saturated heterocycles. The van der Waals surface area contributed by atoms with Gasteiger partial charge in [0.1, 0.15) is 11.2 Å². The number of aromatic nitrogens is 1. The molecule has 0 atom stereocenters. The van der Waals surface area contributed by atoms with Crippen LogP contribution in [0.25, 0.3) is 71.7 Å². The van der Waals surface area contributed by atoms with E-state index >= 15 is 0 Å². The van der Waals surface area contributed by atoms with Gasteiger partial charge in [0.25, 0.3) is 0 Å². The minimum Gasteiger partial charge on any atom is -0.453 e. The number of nitrogens with zero attached hydrogens (tertiary/aromatic N) is 1. The van der Waals surface area contributed by atoms with Gasteiger partial charge in [-0.1, -0.05) is 84.9 Å². The molecule has 0 spiro atoms. The van der Waals surface area contributed by atoms with Crippen LogP contribution in [0.5, 0.6) is 0 Å². The Morgan fingerprint density at radius 1 is 0.359 bits per heavy atom. The van der Waals surface area contributed by atoms with Crippen molar-refractivity contribution in [1.82, 2.24) is 4.57 Å². The first-order valence-corrected chi connectivity index (χ1v) is 13.1. The van der Waals surface area contributed by atoms with Gasteiger partial charge in [-0.2, -0.15) is 0 Å². The van der Waals surface area contributed by atoms with Crippen molar-refractivity contribution < 1.29 is 8.83 Å². The summed E-state index contributed by atoms with van der Waals surface area (Å²) in [6, 6.07) is 48.2. The summed E-state index contributed by atoms with van der Waals surface area (Å²) in [5, 5.41) is 4.48. The van der Waals surface area contributed by atoms with Crippen LogP contribution in [0.15, 0.2) is 148 Å². The van der Waals surface area contributed by atoms with Crippen LogP contribution in [0, 0.1) is 0 Å². The number of para-hydroxylation sites is 4. The van der Waals surface area contributed by atoms with Crippen molar-refractivity contribution in [3.8, 4) is 16.8 Å². The molecule has 0 aliphatic carbocycles. The van der Waals surface area contributed by atoms with Gasteiger partial charge in [-0.15, -0.1) is 0 Å². The highest BCUT2D eigenvalue weighted by molar-refractivity contribution is 6.10. The molecule has 2 aromatic heterocycles. The van der Waals surface area contributed by atoms with Crippen LogP contribution in [0.3, 0.4) is 0 Å². The standard InChI is InChI=1S/C36H23NO2/c1-2-10-26(11-3-1)37-31-15-7-4-12-27(31)30-22-24(18-20-32(30)37)25-19-21-35-36(23-25)39-34-17-9-6-14-29(34)28-13-5-8-16-33(28)38-35/h1-23H. The van der Waals surface area contributed by atoms with E-state index in [4.69, 9.17) is 8.83 Å². The van der Waals surface area contributed by atoms with E-state index in [1.165, 1.54) is 21.8 Å². The Hall–Kier alpha value is -5.28. The Kier molecular flexibility index (Phi) is 4.82. The van der Waals surface area contributed by atoms with E-state index in [9.17, 15) is 0 Å². The van der Waals surface area contributed by atoms with Crippen LogP contribution in [0.2, 0.25) is 0 Å². The molecule has 184 valence electrons. The fraction of sp³-hybridized carbons (Fsp3) is 0. The van der Waals surface area contributed by atoms with Gasteiger partial charge in [0.15, 0.2) is 11.2 Å². The molecular weight excluding hydrogens is 478 g/mol. The molecule has 8 rings (SSSR count). The number of benzene rings is 6. The van der Waals surface area contributed by atoms with E-state index in [1.807, 2.05) is 42.5 Å².